The topological polar surface area (TPSA) is 131 Å². The average molecular weight is 372 g/mol. The Hall–Kier alpha value is -2.23. The lowest BCUT2D eigenvalue weighted by atomic mass is 10.0. The number of fused-ring (bicyclic) bond motifs is 1. The van der Waals surface area contributed by atoms with E-state index in [-0.39, 0.29) is 35.4 Å². The number of rotatable bonds is 7. The van der Waals surface area contributed by atoms with E-state index >= 15 is 0 Å². The Balaban J connectivity index is 1.77. The van der Waals surface area contributed by atoms with E-state index in [0.717, 1.165) is 5.75 Å². The van der Waals surface area contributed by atoms with Crippen molar-refractivity contribution < 1.29 is 33.8 Å². The largest absolute Gasteiger partial charge is 0.517 e. The van der Waals surface area contributed by atoms with E-state index in [1.807, 2.05) is 0 Å². The maximum absolute atomic E-state index is 11.4. The van der Waals surface area contributed by atoms with E-state index in [1.165, 1.54) is 6.92 Å². The van der Waals surface area contributed by atoms with Crippen molar-refractivity contribution in [3.8, 4) is 0 Å². The molecule has 25 heavy (non-hydrogen) atoms. The Bertz CT molecular complexity index is 594. The lowest BCUT2D eigenvalue weighted by molar-refractivity contribution is -0.151. The van der Waals surface area contributed by atoms with Crippen molar-refractivity contribution in [2.45, 2.75) is 49.6 Å². The van der Waals surface area contributed by atoms with Crippen LogP contribution >= 0.6 is 11.8 Å². The van der Waals surface area contributed by atoms with Gasteiger partial charge in [-0.15, -0.1) is 0 Å². The lowest BCUT2D eigenvalue weighted by Gasteiger charge is -2.18. The first-order valence-electron chi connectivity index (χ1n) is 7.77. The summed E-state index contributed by atoms with van der Waals surface area (Å²) in [7, 11) is 0. The zero-order chi connectivity index (χ0) is 18.6. The van der Waals surface area contributed by atoms with Crippen molar-refractivity contribution in [2.75, 3.05) is 5.75 Å². The van der Waals surface area contributed by atoms with Gasteiger partial charge in [-0.1, -0.05) is 6.58 Å². The Morgan fingerprint density at radius 3 is 2.76 bits per heavy atom. The molecule has 138 valence electrons. The number of esters is 1. The summed E-state index contributed by atoms with van der Waals surface area (Å²) in [4.78, 5) is 45.2. The van der Waals surface area contributed by atoms with Crippen molar-refractivity contribution in [3.05, 3.63) is 12.2 Å². The molecule has 2 rings (SSSR count). The van der Waals surface area contributed by atoms with Crippen LogP contribution in [0.3, 0.4) is 0 Å². The van der Waals surface area contributed by atoms with Crippen LogP contribution in [0.4, 0.5) is 9.59 Å². The van der Waals surface area contributed by atoms with Gasteiger partial charge in [0.25, 0.3) is 0 Å². The van der Waals surface area contributed by atoms with Crippen molar-refractivity contribution in [2.24, 2.45) is 0 Å². The van der Waals surface area contributed by atoms with Gasteiger partial charge >= 0.3 is 24.1 Å². The van der Waals surface area contributed by atoms with Gasteiger partial charge in [-0.3, -0.25) is 0 Å². The van der Waals surface area contributed by atoms with Crippen molar-refractivity contribution >= 4 is 35.9 Å². The summed E-state index contributed by atoms with van der Waals surface area (Å²) in [6.45, 7) is 4.67. The molecule has 0 bridgehead atoms. The van der Waals surface area contributed by atoms with E-state index in [4.69, 9.17) is 5.11 Å². The predicted octanol–water partition coefficient (Wildman–Crippen LogP) is 1.03. The number of carboxylic acid groups (broad SMARTS) is 1. The van der Waals surface area contributed by atoms with E-state index in [9.17, 15) is 19.2 Å². The summed E-state index contributed by atoms with van der Waals surface area (Å²) >= 11 is 1.71. The molecule has 0 saturated carbocycles. The molecule has 2 amide bonds. The minimum atomic E-state index is -1.40. The SMILES string of the molecule is C=C(C)C(=O)OC(=O)OC(CCC[C@@H]1SC[C@@H]2NC(=O)N[C@@H]21)C(=O)O. The summed E-state index contributed by atoms with van der Waals surface area (Å²) < 4.78 is 9.01. The Morgan fingerprint density at radius 2 is 2.12 bits per heavy atom. The molecule has 0 aromatic carbocycles. The van der Waals surface area contributed by atoms with Crippen LogP contribution in [0.25, 0.3) is 0 Å². The number of hydrogen-bond donors (Lipinski definition) is 3. The minimum Gasteiger partial charge on any atom is -0.479 e. The highest BCUT2D eigenvalue weighted by molar-refractivity contribution is 8.00. The number of thioether (sulfide) groups is 1. The zero-order valence-electron chi connectivity index (χ0n) is 13.6. The molecular weight excluding hydrogens is 352 g/mol. The second kappa shape index (κ2) is 8.24. The van der Waals surface area contributed by atoms with Crippen LogP contribution in [-0.4, -0.2) is 58.4 Å². The van der Waals surface area contributed by atoms with Crippen LogP contribution in [0.15, 0.2) is 12.2 Å². The number of carbonyl (C=O) groups excluding carboxylic acids is 3. The molecular formula is C15H20N2O7S. The van der Waals surface area contributed by atoms with Crippen LogP contribution in [0.2, 0.25) is 0 Å². The highest BCUT2D eigenvalue weighted by atomic mass is 32.2. The maximum Gasteiger partial charge on any atom is 0.517 e. The normalized spacial score (nSPS) is 25.3. The van der Waals surface area contributed by atoms with E-state index in [2.05, 4.69) is 26.7 Å². The van der Waals surface area contributed by atoms with Gasteiger partial charge in [0, 0.05) is 16.6 Å². The van der Waals surface area contributed by atoms with Gasteiger partial charge in [-0.2, -0.15) is 11.8 Å². The molecule has 9 nitrogen and oxygen atoms in total. The molecule has 2 heterocycles. The van der Waals surface area contributed by atoms with Gasteiger partial charge < -0.3 is 25.2 Å². The highest BCUT2D eigenvalue weighted by Gasteiger charge is 2.42. The van der Waals surface area contributed by atoms with Gasteiger partial charge in [0.05, 0.1) is 12.1 Å². The number of amides is 2. The van der Waals surface area contributed by atoms with Gasteiger partial charge in [0.1, 0.15) is 0 Å². The molecule has 0 spiro atoms. The molecule has 2 fully saturated rings. The zero-order valence-corrected chi connectivity index (χ0v) is 14.5. The number of carboxylic acids is 1. The molecule has 0 aromatic rings. The second-order valence-corrected chi connectivity index (χ2v) is 7.19. The van der Waals surface area contributed by atoms with Crippen molar-refractivity contribution in [3.63, 3.8) is 0 Å². The quantitative estimate of drug-likeness (QED) is 0.261. The van der Waals surface area contributed by atoms with Crippen molar-refractivity contribution in [1.82, 2.24) is 10.6 Å². The Morgan fingerprint density at radius 1 is 1.40 bits per heavy atom. The number of urea groups is 1. The van der Waals surface area contributed by atoms with E-state index in [1.54, 1.807) is 11.8 Å². The molecule has 2 aliphatic rings. The Kier molecular flexibility index (Phi) is 6.29. The second-order valence-electron chi connectivity index (χ2n) is 5.92. The number of nitrogens with one attached hydrogen (secondary N) is 2. The number of ether oxygens (including phenoxy) is 2. The number of hydrogen-bond acceptors (Lipinski definition) is 7. The average Bonchev–Trinajstić information content (AvgIpc) is 3.05. The molecule has 2 saturated heterocycles. The third kappa shape index (κ3) is 5.12. The fourth-order valence-electron chi connectivity index (χ4n) is 2.68. The molecule has 0 radical (unpaired) electrons. The monoisotopic (exact) mass is 372 g/mol. The highest BCUT2D eigenvalue weighted by Crippen LogP contribution is 2.33. The maximum atomic E-state index is 11.4. The fraction of sp³-hybridized carbons (Fsp3) is 0.600. The van der Waals surface area contributed by atoms with Gasteiger partial charge in [0.2, 0.25) is 6.10 Å². The Labute approximate surface area is 148 Å². The van der Waals surface area contributed by atoms with Crippen LogP contribution in [0.5, 0.6) is 0 Å². The first-order chi connectivity index (χ1) is 11.8. The summed E-state index contributed by atoms with van der Waals surface area (Å²) in [5, 5.41) is 15.0. The van der Waals surface area contributed by atoms with E-state index < -0.39 is 24.2 Å². The summed E-state index contributed by atoms with van der Waals surface area (Å²) in [5.41, 5.74) is 0.00357. The fourth-order valence-corrected chi connectivity index (χ4v) is 4.23. The first kappa shape index (κ1) is 19.1. The van der Waals surface area contributed by atoms with Gasteiger partial charge in [-0.05, 0) is 26.2 Å². The van der Waals surface area contributed by atoms with Crippen molar-refractivity contribution in [1.29, 1.82) is 0 Å². The third-order valence-electron chi connectivity index (χ3n) is 3.93. The molecule has 10 heteroatoms. The summed E-state index contributed by atoms with van der Waals surface area (Å²) in [6, 6.07) is -0.0611. The number of carbonyl (C=O) groups is 4. The third-order valence-corrected chi connectivity index (χ3v) is 5.44. The van der Waals surface area contributed by atoms with Crippen LogP contribution in [0, 0.1) is 0 Å². The van der Waals surface area contributed by atoms with Gasteiger partial charge in [0.15, 0.2) is 0 Å². The summed E-state index contributed by atoms with van der Waals surface area (Å²) in [5.74, 6) is -1.47. The molecule has 2 aliphatic heterocycles. The smallest absolute Gasteiger partial charge is 0.479 e. The minimum absolute atomic E-state index is 0.00357. The lowest BCUT2D eigenvalue weighted by Crippen LogP contribution is -2.37. The van der Waals surface area contributed by atoms with Crippen LogP contribution < -0.4 is 10.6 Å². The van der Waals surface area contributed by atoms with E-state index in [0.29, 0.717) is 12.8 Å². The number of aliphatic carboxylic acids is 1. The van der Waals surface area contributed by atoms with Crippen LogP contribution in [0.1, 0.15) is 26.2 Å². The van der Waals surface area contributed by atoms with Crippen LogP contribution in [-0.2, 0) is 19.1 Å². The first-order valence-corrected chi connectivity index (χ1v) is 8.82. The molecule has 0 aliphatic carbocycles. The molecule has 3 N–H and O–H groups in total. The molecule has 4 atom stereocenters. The van der Waals surface area contributed by atoms with Gasteiger partial charge in [-0.25, -0.2) is 19.2 Å². The summed E-state index contributed by atoms with van der Waals surface area (Å²) in [6.07, 6.45) is -1.52. The predicted molar refractivity (Wildman–Crippen MR) is 88.2 cm³/mol. The molecule has 0 aromatic heterocycles. The molecule has 1 unspecified atom stereocenters. The standard InChI is InChI=1S/C15H20N2O7S/c1-7(2)13(20)24-15(22)23-9(12(18)19)4-3-5-10-11-8(6-25-10)16-14(21)17-11/h8-11H,1,3-6H2,2H3,(H,18,19)(H2,16,17,21)/t8-,9?,10-,11-/m0/s1.